The van der Waals surface area contributed by atoms with Gasteiger partial charge in [-0.3, -0.25) is 9.36 Å². The highest BCUT2D eigenvalue weighted by atomic mass is 19.3. The third kappa shape index (κ3) is 3.24. The van der Waals surface area contributed by atoms with E-state index in [-0.39, 0.29) is 12.2 Å². The number of allylic oxidation sites excluding steroid dienone is 2. The van der Waals surface area contributed by atoms with Crippen molar-refractivity contribution in [2.75, 3.05) is 0 Å². The fourth-order valence-corrected chi connectivity index (χ4v) is 2.30. The highest BCUT2D eigenvalue weighted by Gasteiger charge is 2.34. The van der Waals surface area contributed by atoms with Gasteiger partial charge in [0.2, 0.25) is 0 Å². The van der Waals surface area contributed by atoms with Crippen molar-refractivity contribution in [3.8, 4) is 5.69 Å². The summed E-state index contributed by atoms with van der Waals surface area (Å²) in [6, 6.07) is 5.28. The Morgan fingerprint density at radius 1 is 1.08 bits per heavy atom. The Balaban J connectivity index is 2.78. The Morgan fingerprint density at radius 3 is 2.25 bits per heavy atom. The van der Waals surface area contributed by atoms with Crippen molar-refractivity contribution in [3.63, 3.8) is 0 Å². The van der Waals surface area contributed by atoms with Crippen molar-refractivity contribution in [2.24, 2.45) is 0 Å². The molecule has 24 heavy (non-hydrogen) atoms. The molecular weight excluding hydrogens is 321 g/mol. The van der Waals surface area contributed by atoms with E-state index in [0.717, 1.165) is 22.8 Å². The van der Waals surface area contributed by atoms with Gasteiger partial charge in [-0.2, -0.15) is 8.78 Å². The molecule has 1 aromatic carbocycles. The molecule has 0 radical (unpaired) electrons. The molecule has 4 nitrogen and oxygen atoms in total. The summed E-state index contributed by atoms with van der Waals surface area (Å²) in [6.07, 6.45) is 1.56. The van der Waals surface area contributed by atoms with Gasteiger partial charge in [0.25, 0.3) is 11.5 Å². The van der Waals surface area contributed by atoms with Crippen molar-refractivity contribution >= 4 is 0 Å². The summed E-state index contributed by atoms with van der Waals surface area (Å²) in [5.41, 5.74) is -2.50. The lowest BCUT2D eigenvalue weighted by Crippen LogP contribution is -2.42. The molecule has 0 aliphatic carbocycles. The van der Waals surface area contributed by atoms with Gasteiger partial charge in [0.1, 0.15) is 5.82 Å². The lowest BCUT2D eigenvalue weighted by Gasteiger charge is -2.20. The number of aromatic nitrogens is 2. The van der Waals surface area contributed by atoms with E-state index in [1.807, 2.05) is 0 Å². The summed E-state index contributed by atoms with van der Waals surface area (Å²) in [7, 11) is 0. The molecule has 7 heteroatoms. The van der Waals surface area contributed by atoms with E-state index in [4.69, 9.17) is 0 Å². The van der Waals surface area contributed by atoms with Crippen LogP contribution in [0.15, 0.2) is 65.2 Å². The summed E-state index contributed by atoms with van der Waals surface area (Å²) in [4.78, 5) is 24.8. The van der Waals surface area contributed by atoms with Crippen LogP contribution in [-0.4, -0.2) is 9.13 Å². The number of alkyl halides is 2. The molecule has 2 aromatic rings. The zero-order chi connectivity index (χ0) is 17.9. The molecule has 0 saturated carbocycles. The van der Waals surface area contributed by atoms with Gasteiger partial charge in [-0.05, 0) is 24.3 Å². The maximum Gasteiger partial charge on any atom is 0.336 e. The number of rotatable bonds is 6. The highest BCUT2D eigenvalue weighted by Crippen LogP contribution is 2.30. The fourth-order valence-electron chi connectivity index (χ4n) is 2.30. The zero-order valence-electron chi connectivity index (χ0n) is 12.7. The summed E-state index contributed by atoms with van der Waals surface area (Å²) >= 11 is 0. The SMILES string of the molecule is C=CCn1c(C(F)(F)CC=C)cc(=O)n(-c2ccc(F)cc2)c1=O. The van der Waals surface area contributed by atoms with Gasteiger partial charge in [-0.15, -0.1) is 13.2 Å². The molecule has 0 aliphatic heterocycles. The molecule has 0 fully saturated rings. The van der Waals surface area contributed by atoms with E-state index < -0.39 is 35.1 Å². The third-order valence-corrected chi connectivity index (χ3v) is 3.37. The third-order valence-electron chi connectivity index (χ3n) is 3.37. The largest absolute Gasteiger partial charge is 0.336 e. The molecule has 0 spiro atoms. The van der Waals surface area contributed by atoms with Gasteiger partial charge < -0.3 is 0 Å². The Labute approximate surface area is 135 Å². The number of hydrogen-bond acceptors (Lipinski definition) is 2. The van der Waals surface area contributed by atoms with E-state index in [2.05, 4.69) is 13.2 Å². The molecular formula is C17H15F3N2O2. The van der Waals surface area contributed by atoms with Gasteiger partial charge in [0, 0.05) is 19.0 Å². The van der Waals surface area contributed by atoms with Gasteiger partial charge in [-0.1, -0.05) is 12.2 Å². The first-order valence-corrected chi connectivity index (χ1v) is 7.04. The van der Waals surface area contributed by atoms with E-state index >= 15 is 0 Å². The maximum atomic E-state index is 14.2. The van der Waals surface area contributed by atoms with Crippen molar-refractivity contribution in [1.82, 2.24) is 9.13 Å². The highest BCUT2D eigenvalue weighted by molar-refractivity contribution is 5.32. The van der Waals surface area contributed by atoms with Gasteiger partial charge >= 0.3 is 5.69 Å². The van der Waals surface area contributed by atoms with E-state index in [1.54, 1.807) is 0 Å². The molecule has 0 amide bonds. The molecule has 0 N–H and O–H groups in total. The molecule has 2 rings (SSSR count). The van der Waals surface area contributed by atoms with E-state index in [9.17, 15) is 22.8 Å². The average Bonchev–Trinajstić information content (AvgIpc) is 2.51. The summed E-state index contributed by atoms with van der Waals surface area (Å²) in [6.45, 7) is 6.49. The molecule has 0 aliphatic rings. The Morgan fingerprint density at radius 2 is 1.71 bits per heavy atom. The number of nitrogens with zero attached hydrogens (tertiary/aromatic N) is 2. The van der Waals surface area contributed by atoms with E-state index in [1.165, 1.54) is 18.2 Å². The van der Waals surface area contributed by atoms with Crippen molar-refractivity contribution < 1.29 is 13.2 Å². The van der Waals surface area contributed by atoms with Crippen LogP contribution in [0.3, 0.4) is 0 Å². The predicted molar refractivity (Wildman–Crippen MR) is 85.2 cm³/mol. The first-order chi connectivity index (χ1) is 11.3. The smallest absolute Gasteiger partial charge is 0.287 e. The van der Waals surface area contributed by atoms with Crippen LogP contribution in [0.1, 0.15) is 12.1 Å². The molecule has 0 atom stereocenters. The zero-order valence-corrected chi connectivity index (χ0v) is 12.7. The lowest BCUT2D eigenvalue weighted by atomic mass is 10.1. The van der Waals surface area contributed by atoms with Crippen LogP contribution in [0.5, 0.6) is 0 Å². The Bertz CT molecular complexity index is 880. The summed E-state index contributed by atoms with van der Waals surface area (Å²) in [5.74, 6) is -3.97. The Kier molecular flexibility index (Phi) is 4.92. The van der Waals surface area contributed by atoms with Gasteiger partial charge in [0.05, 0.1) is 11.4 Å². The second-order valence-electron chi connectivity index (χ2n) is 5.06. The minimum Gasteiger partial charge on any atom is -0.287 e. The molecule has 1 aromatic heterocycles. The van der Waals surface area contributed by atoms with Crippen LogP contribution < -0.4 is 11.2 Å². The standard InChI is InChI=1S/C17H15F3N2O2/c1-3-9-17(19,20)14-11-15(23)22(16(24)21(14)10-4-2)13-7-5-12(18)6-8-13/h3-8,11H,1-2,9-10H2. The van der Waals surface area contributed by atoms with Crippen LogP contribution in [0.25, 0.3) is 5.69 Å². The van der Waals surface area contributed by atoms with Crippen molar-refractivity contribution in [1.29, 1.82) is 0 Å². The van der Waals surface area contributed by atoms with Crippen LogP contribution in [0, 0.1) is 5.82 Å². The second-order valence-corrected chi connectivity index (χ2v) is 5.06. The van der Waals surface area contributed by atoms with Crippen LogP contribution >= 0.6 is 0 Å². The lowest BCUT2D eigenvalue weighted by molar-refractivity contribution is -0.0102. The molecule has 0 bridgehead atoms. The molecule has 0 unspecified atom stereocenters. The quantitative estimate of drug-likeness (QED) is 0.761. The molecule has 126 valence electrons. The molecule has 0 saturated heterocycles. The molecule has 1 heterocycles. The second kappa shape index (κ2) is 6.74. The monoisotopic (exact) mass is 336 g/mol. The number of hydrogen-bond donors (Lipinski definition) is 0. The van der Waals surface area contributed by atoms with E-state index in [0.29, 0.717) is 10.6 Å². The van der Waals surface area contributed by atoms with Crippen LogP contribution in [0.2, 0.25) is 0 Å². The first kappa shape index (κ1) is 17.5. The minimum absolute atomic E-state index is 0.0859. The topological polar surface area (TPSA) is 44.0 Å². The average molecular weight is 336 g/mol. The number of benzene rings is 1. The van der Waals surface area contributed by atoms with Gasteiger partial charge in [0.15, 0.2) is 0 Å². The predicted octanol–water partition coefficient (Wildman–Crippen LogP) is 2.99. The van der Waals surface area contributed by atoms with Gasteiger partial charge in [-0.25, -0.2) is 13.8 Å². The maximum absolute atomic E-state index is 14.2. The van der Waals surface area contributed by atoms with Crippen molar-refractivity contribution in [3.05, 3.63) is 88.0 Å². The fraction of sp³-hybridized carbons (Fsp3) is 0.176. The number of halogens is 3. The summed E-state index contributed by atoms with van der Waals surface area (Å²) in [5, 5.41) is 0. The minimum atomic E-state index is -3.43. The van der Waals surface area contributed by atoms with Crippen molar-refractivity contribution in [2.45, 2.75) is 18.9 Å². The normalized spacial score (nSPS) is 11.3. The van der Waals surface area contributed by atoms with Crippen LogP contribution in [-0.2, 0) is 12.5 Å². The Hall–Kier alpha value is -2.83. The summed E-state index contributed by atoms with van der Waals surface area (Å²) < 4.78 is 42.9. The van der Waals surface area contributed by atoms with Crippen LogP contribution in [0.4, 0.5) is 13.2 Å². The first-order valence-electron chi connectivity index (χ1n) is 7.04.